The summed E-state index contributed by atoms with van der Waals surface area (Å²) in [5.74, 6) is -3.66. The maximum Gasteiger partial charge on any atom is 0.410 e. The summed E-state index contributed by atoms with van der Waals surface area (Å²) in [6.45, 7) is 6.62. The van der Waals surface area contributed by atoms with Crippen molar-refractivity contribution in [2.75, 3.05) is 31.6 Å². The second kappa shape index (κ2) is 11.3. The van der Waals surface area contributed by atoms with Crippen molar-refractivity contribution in [2.45, 2.75) is 57.8 Å². The molecule has 0 bridgehead atoms. The number of pyridine rings is 1. The molecule has 13 heteroatoms. The second-order valence-corrected chi connectivity index (χ2v) is 10.6. The third-order valence-corrected chi connectivity index (χ3v) is 6.36. The highest BCUT2D eigenvalue weighted by Gasteiger charge is 2.32. The number of halogens is 3. The molecule has 2 atom stereocenters. The second-order valence-electron chi connectivity index (χ2n) is 10.6. The van der Waals surface area contributed by atoms with E-state index in [-0.39, 0.29) is 53.4 Å². The Labute approximate surface area is 228 Å². The number of rotatable bonds is 7. The van der Waals surface area contributed by atoms with Crippen LogP contribution in [0.4, 0.5) is 29.5 Å². The molecular formula is C27H30F3N5O5. The number of ether oxygens (including phenoxy) is 4. The zero-order valence-corrected chi connectivity index (χ0v) is 22.4. The summed E-state index contributed by atoms with van der Waals surface area (Å²) in [5.41, 5.74) is -0.661. The number of hydrogen-bond donors (Lipinski definition) is 1. The van der Waals surface area contributed by atoms with Gasteiger partial charge in [0, 0.05) is 25.6 Å². The first-order chi connectivity index (χ1) is 19.1. The molecule has 40 heavy (non-hydrogen) atoms. The van der Waals surface area contributed by atoms with Gasteiger partial charge in [-0.05, 0) is 45.7 Å². The van der Waals surface area contributed by atoms with Gasteiger partial charge in [0.25, 0.3) is 5.88 Å². The van der Waals surface area contributed by atoms with Gasteiger partial charge in [-0.15, -0.1) is 0 Å². The van der Waals surface area contributed by atoms with Crippen molar-refractivity contribution < 1.29 is 36.9 Å². The number of carbonyl (C=O) groups is 1. The molecule has 2 aliphatic rings. The standard InChI is InChI=1S/C27H30F3N5O5/c1-27(2,3)40-26(36)35-9-8-15(12-35)39-25-17(28)11-19-23(34-25)24(32-14-31-19)33-18-6-7-20(22(30)21(18)29)38-13-16-5-4-10-37-16/h6-7,11,14-16H,4-5,8-10,12-13H2,1-3H3,(H,31,32,33)/t15-,16-/m0/s1. The maximum atomic E-state index is 14.9. The average Bonchev–Trinajstić information content (AvgIpc) is 3.59. The van der Waals surface area contributed by atoms with E-state index in [1.807, 2.05) is 0 Å². The van der Waals surface area contributed by atoms with E-state index in [2.05, 4.69) is 20.3 Å². The van der Waals surface area contributed by atoms with Gasteiger partial charge in [-0.1, -0.05) is 0 Å². The predicted octanol–water partition coefficient (Wildman–Crippen LogP) is 5.13. The minimum absolute atomic E-state index is 0.0166. The van der Waals surface area contributed by atoms with Gasteiger partial charge in [0.1, 0.15) is 30.2 Å². The molecule has 4 heterocycles. The highest BCUT2D eigenvalue weighted by atomic mass is 19.2. The van der Waals surface area contributed by atoms with Crippen molar-refractivity contribution in [3.05, 3.63) is 42.0 Å². The number of benzene rings is 1. The molecule has 0 spiro atoms. The molecule has 0 aliphatic carbocycles. The molecule has 2 aliphatic heterocycles. The molecule has 1 aromatic carbocycles. The molecule has 5 rings (SSSR count). The van der Waals surface area contributed by atoms with Crippen molar-refractivity contribution in [3.8, 4) is 11.6 Å². The minimum Gasteiger partial charge on any atom is -0.488 e. The van der Waals surface area contributed by atoms with Gasteiger partial charge in [-0.25, -0.2) is 28.5 Å². The number of amides is 1. The summed E-state index contributed by atoms with van der Waals surface area (Å²) in [5, 5.41) is 2.71. The Bertz CT molecular complexity index is 1400. The fraction of sp³-hybridized carbons (Fsp3) is 0.481. The maximum absolute atomic E-state index is 14.9. The van der Waals surface area contributed by atoms with Crippen LogP contribution in [0.15, 0.2) is 24.5 Å². The number of carbonyl (C=O) groups excluding carboxylic acids is 1. The van der Waals surface area contributed by atoms with Gasteiger partial charge < -0.3 is 29.2 Å². The van der Waals surface area contributed by atoms with E-state index in [1.54, 1.807) is 20.8 Å². The van der Waals surface area contributed by atoms with E-state index in [9.17, 15) is 18.0 Å². The zero-order chi connectivity index (χ0) is 28.4. The Morgan fingerprint density at radius 3 is 2.75 bits per heavy atom. The Balaban J connectivity index is 1.31. The minimum atomic E-state index is -1.18. The van der Waals surface area contributed by atoms with Crippen LogP contribution in [-0.2, 0) is 9.47 Å². The fourth-order valence-corrected chi connectivity index (χ4v) is 4.42. The van der Waals surface area contributed by atoms with Crippen LogP contribution in [0.3, 0.4) is 0 Å². The molecule has 1 N–H and O–H groups in total. The van der Waals surface area contributed by atoms with E-state index >= 15 is 0 Å². The zero-order valence-electron chi connectivity index (χ0n) is 22.4. The smallest absolute Gasteiger partial charge is 0.410 e. The summed E-state index contributed by atoms with van der Waals surface area (Å²) in [6, 6.07) is 3.73. The van der Waals surface area contributed by atoms with Crippen molar-refractivity contribution >= 4 is 28.6 Å². The van der Waals surface area contributed by atoms with Crippen molar-refractivity contribution in [3.63, 3.8) is 0 Å². The normalized spacial score (nSPS) is 19.2. The Kier molecular flexibility index (Phi) is 7.83. The Morgan fingerprint density at radius 2 is 2.00 bits per heavy atom. The molecule has 214 valence electrons. The molecule has 2 aromatic heterocycles. The number of hydrogen-bond acceptors (Lipinski definition) is 9. The van der Waals surface area contributed by atoms with Crippen LogP contribution in [0, 0.1) is 17.5 Å². The average molecular weight is 562 g/mol. The lowest BCUT2D eigenvalue weighted by atomic mass is 10.2. The van der Waals surface area contributed by atoms with Crippen LogP contribution in [0.1, 0.15) is 40.0 Å². The summed E-state index contributed by atoms with van der Waals surface area (Å²) in [7, 11) is 0. The van der Waals surface area contributed by atoms with E-state index < -0.39 is 35.2 Å². The first kappa shape index (κ1) is 27.7. The highest BCUT2D eigenvalue weighted by Crippen LogP contribution is 2.31. The highest BCUT2D eigenvalue weighted by molar-refractivity contribution is 5.87. The van der Waals surface area contributed by atoms with E-state index in [0.29, 0.717) is 19.6 Å². The first-order valence-electron chi connectivity index (χ1n) is 13.0. The third-order valence-electron chi connectivity index (χ3n) is 6.36. The van der Waals surface area contributed by atoms with Gasteiger partial charge >= 0.3 is 6.09 Å². The van der Waals surface area contributed by atoms with Gasteiger partial charge in [0.15, 0.2) is 23.2 Å². The topological polar surface area (TPSA) is 108 Å². The largest absolute Gasteiger partial charge is 0.488 e. The number of aromatic nitrogens is 3. The van der Waals surface area contributed by atoms with Crippen LogP contribution in [0.2, 0.25) is 0 Å². The van der Waals surface area contributed by atoms with E-state index in [0.717, 1.165) is 25.2 Å². The number of likely N-dealkylation sites (tertiary alicyclic amines) is 1. The summed E-state index contributed by atoms with van der Waals surface area (Å²) in [6.07, 6.45) is 2.13. The van der Waals surface area contributed by atoms with Crippen molar-refractivity contribution in [2.24, 2.45) is 0 Å². The molecule has 0 saturated carbocycles. The molecule has 2 saturated heterocycles. The quantitative estimate of drug-likeness (QED) is 0.420. The number of fused-ring (bicyclic) bond motifs is 1. The number of nitrogens with one attached hydrogen (secondary N) is 1. The summed E-state index contributed by atoms with van der Waals surface area (Å²) < 4.78 is 66.5. The molecular weight excluding hydrogens is 531 g/mol. The Morgan fingerprint density at radius 1 is 1.18 bits per heavy atom. The van der Waals surface area contributed by atoms with E-state index in [1.165, 1.54) is 17.0 Å². The van der Waals surface area contributed by atoms with Crippen LogP contribution in [0.25, 0.3) is 11.0 Å². The van der Waals surface area contributed by atoms with E-state index in [4.69, 9.17) is 18.9 Å². The monoisotopic (exact) mass is 561 g/mol. The number of anilines is 2. The first-order valence-corrected chi connectivity index (χ1v) is 13.0. The molecule has 2 fully saturated rings. The van der Waals surface area contributed by atoms with Crippen LogP contribution < -0.4 is 14.8 Å². The molecule has 10 nitrogen and oxygen atoms in total. The van der Waals surface area contributed by atoms with Gasteiger partial charge in [-0.2, -0.15) is 4.39 Å². The lowest BCUT2D eigenvalue weighted by molar-refractivity contribution is 0.0274. The predicted molar refractivity (Wildman–Crippen MR) is 138 cm³/mol. The SMILES string of the molecule is CC(C)(C)OC(=O)N1CC[C@H](Oc2nc3c(Nc4ccc(OC[C@@H]5CCCO5)c(F)c4F)ncnc3cc2F)C1. The summed E-state index contributed by atoms with van der Waals surface area (Å²) in [4.78, 5) is 26.2. The third kappa shape index (κ3) is 6.30. The lowest BCUT2D eigenvalue weighted by Crippen LogP contribution is -2.36. The van der Waals surface area contributed by atoms with Crippen LogP contribution in [-0.4, -0.2) is 70.1 Å². The summed E-state index contributed by atoms with van der Waals surface area (Å²) >= 11 is 0. The van der Waals surface area contributed by atoms with Crippen LogP contribution in [0.5, 0.6) is 11.6 Å². The molecule has 1 amide bonds. The Hall–Kier alpha value is -3.87. The van der Waals surface area contributed by atoms with Crippen molar-refractivity contribution in [1.82, 2.24) is 19.9 Å². The number of nitrogens with zero attached hydrogens (tertiary/aromatic N) is 4. The van der Waals surface area contributed by atoms with Gasteiger partial charge in [0.05, 0.1) is 23.9 Å². The molecule has 3 aromatic rings. The van der Waals surface area contributed by atoms with Gasteiger partial charge in [0.2, 0.25) is 5.82 Å². The fourth-order valence-electron chi connectivity index (χ4n) is 4.42. The molecule has 0 radical (unpaired) electrons. The van der Waals surface area contributed by atoms with Gasteiger partial charge in [-0.3, -0.25) is 0 Å². The van der Waals surface area contributed by atoms with Crippen LogP contribution >= 0.6 is 0 Å². The van der Waals surface area contributed by atoms with Crippen molar-refractivity contribution in [1.29, 1.82) is 0 Å². The lowest BCUT2D eigenvalue weighted by Gasteiger charge is -2.24. The molecule has 0 unspecified atom stereocenters.